The number of ether oxygens (including phenoxy) is 2. The molecule has 0 aromatic carbocycles. The van der Waals surface area contributed by atoms with Crippen LogP contribution in [0.25, 0.3) is 0 Å². The van der Waals surface area contributed by atoms with Crippen LogP contribution in [0.2, 0.25) is 0 Å². The van der Waals surface area contributed by atoms with Crippen molar-refractivity contribution < 1.29 is 9.47 Å². The van der Waals surface area contributed by atoms with E-state index in [4.69, 9.17) is 14.5 Å². The fourth-order valence-electron chi connectivity index (χ4n) is 3.56. The van der Waals surface area contributed by atoms with E-state index in [-0.39, 0.29) is 30.1 Å². The number of aliphatic imine (C=N–C) groups is 1. The monoisotopic (exact) mass is 503 g/mol. The predicted molar refractivity (Wildman–Crippen MR) is 124 cm³/mol. The highest BCUT2D eigenvalue weighted by molar-refractivity contribution is 14.0. The van der Waals surface area contributed by atoms with Crippen molar-refractivity contribution in [2.24, 2.45) is 10.9 Å². The van der Waals surface area contributed by atoms with E-state index in [0.717, 1.165) is 69.8 Å². The lowest BCUT2D eigenvalue weighted by molar-refractivity contribution is 0.0529. The molecule has 0 bridgehead atoms. The van der Waals surface area contributed by atoms with Crippen molar-refractivity contribution in [3.8, 4) is 0 Å². The zero-order valence-electron chi connectivity index (χ0n) is 17.3. The van der Waals surface area contributed by atoms with Gasteiger partial charge in [0.2, 0.25) is 0 Å². The van der Waals surface area contributed by atoms with E-state index in [1.165, 1.54) is 0 Å². The minimum Gasteiger partial charge on any atom is -0.381 e. The Balaban J connectivity index is 0.00000280. The summed E-state index contributed by atoms with van der Waals surface area (Å²) in [6.07, 6.45) is 3.33. The molecule has 28 heavy (non-hydrogen) atoms. The van der Waals surface area contributed by atoms with Crippen molar-refractivity contribution in [2.75, 3.05) is 57.9 Å². The maximum Gasteiger partial charge on any atom is 0.193 e. The molecule has 0 saturated carbocycles. The number of morpholine rings is 1. The molecule has 3 heterocycles. The van der Waals surface area contributed by atoms with Gasteiger partial charge in [-0.15, -0.1) is 24.0 Å². The highest BCUT2D eigenvalue weighted by Crippen LogP contribution is 2.16. The van der Waals surface area contributed by atoms with Crippen molar-refractivity contribution in [2.45, 2.75) is 32.9 Å². The number of hydrogen-bond acceptors (Lipinski definition) is 5. The van der Waals surface area contributed by atoms with Crippen LogP contribution in [-0.2, 0) is 16.0 Å². The average molecular weight is 503 g/mol. The molecule has 2 aliphatic rings. The highest BCUT2D eigenvalue weighted by atomic mass is 127. The molecule has 7 nitrogen and oxygen atoms in total. The summed E-state index contributed by atoms with van der Waals surface area (Å²) in [4.78, 5) is 13.9. The number of rotatable bonds is 6. The molecule has 2 fully saturated rings. The summed E-state index contributed by atoms with van der Waals surface area (Å²) >= 11 is 0. The number of nitrogens with zero attached hydrogens (tertiary/aromatic N) is 4. The van der Waals surface area contributed by atoms with Gasteiger partial charge in [-0.2, -0.15) is 0 Å². The Morgan fingerprint density at radius 3 is 2.89 bits per heavy atom. The third-order valence-corrected chi connectivity index (χ3v) is 5.04. The summed E-state index contributed by atoms with van der Waals surface area (Å²) in [6.45, 7) is 10.9. The smallest absolute Gasteiger partial charge is 0.193 e. The molecular formula is C20H34IN5O2. The second-order valence-corrected chi connectivity index (χ2v) is 7.43. The Hall–Kier alpha value is -1.13. The summed E-state index contributed by atoms with van der Waals surface area (Å²) in [7, 11) is 2.10. The SMILES string of the molecule is CCNC(=NCc1ccc(N2CCOC(C)C2)nc1)N(C)CC1CCOC1.I. The molecular weight excluding hydrogens is 469 g/mol. The molecule has 158 valence electrons. The van der Waals surface area contributed by atoms with Gasteiger partial charge in [0.15, 0.2) is 5.96 Å². The van der Waals surface area contributed by atoms with E-state index in [0.29, 0.717) is 12.5 Å². The normalized spacial score (nSPS) is 22.7. The lowest BCUT2D eigenvalue weighted by Gasteiger charge is -2.32. The fourth-order valence-corrected chi connectivity index (χ4v) is 3.56. The molecule has 2 unspecified atom stereocenters. The molecule has 2 atom stereocenters. The van der Waals surface area contributed by atoms with E-state index in [1.54, 1.807) is 0 Å². The van der Waals surface area contributed by atoms with E-state index in [9.17, 15) is 0 Å². The second kappa shape index (κ2) is 11.8. The van der Waals surface area contributed by atoms with Gasteiger partial charge in [-0.3, -0.25) is 0 Å². The van der Waals surface area contributed by atoms with Crippen molar-refractivity contribution in [1.82, 2.24) is 15.2 Å². The minimum absolute atomic E-state index is 0. The fraction of sp³-hybridized carbons (Fsp3) is 0.700. The number of nitrogens with one attached hydrogen (secondary N) is 1. The van der Waals surface area contributed by atoms with Crippen LogP contribution >= 0.6 is 24.0 Å². The van der Waals surface area contributed by atoms with Crippen LogP contribution in [0.15, 0.2) is 23.3 Å². The molecule has 0 aliphatic carbocycles. The van der Waals surface area contributed by atoms with Gasteiger partial charge < -0.3 is 24.6 Å². The second-order valence-electron chi connectivity index (χ2n) is 7.43. The Morgan fingerprint density at radius 1 is 1.39 bits per heavy atom. The van der Waals surface area contributed by atoms with Crippen molar-refractivity contribution in [3.63, 3.8) is 0 Å². The molecule has 2 aliphatic heterocycles. The Kier molecular flexibility index (Phi) is 9.73. The third kappa shape index (κ3) is 6.73. The summed E-state index contributed by atoms with van der Waals surface area (Å²) in [5, 5.41) is 3.39. The number of aromatic nitrogens is 1. The van der Waals surface area contributed by atoms with E-state index >= 15 is 0 Å². The van der Waals surface area contributed by atoms with E-state index in [1.807, 2.05) is 6.20 Å². The molecule has 1 aromatic rings. The summed E-state index contributed by atoms with van der Waals surface area (Å²) in [5.74, 6) is 2.55. The van der Waals surface area contributed by atoms with Gasteiger partial charge >= 0.3 is 0 Å². The van der Waals surface area contributed by atoms with E-state index < -0.39 is 0 Å². The summed E-state index contributed by atoms with van der Waals surface area (Å²) in [5.41, 5.74) is 1.12. The first kappa shape index (κ1) is 23.2. The number of guanidine groups is 1. The Labute approximate surface area is 185 Å². The number of hydrogen-bond donors (Lipinski definition) is 1. The standard InChI is InChI=1S/C20H33N5O2.HI/c1-4-21-20(24(3)14-18-7-9-26-15-18)23-12-17-5-6-19(22-11-17)25-8-10-27-16(2)13-25;/h5-6,11,16,18H,4,7-10,12-15H2,1-3H3,(H,21,23);1H. The van der Waals surface area contributed by atoms with Crippen LogP contribution in [0, 0.1) is 5.92 Å². The molecule has 1 N–H and O–H groups in total. The molecule has 2 saturated heterocycles. The van der Waals surface area contributed by atoms with Crippen molar-refractivity contribution in [1.29, 1.82) is 0 Å². The van der Waals surface area contributed by atoms with Crippen LogP contribution < -0.4 is 10.2 Å². The van der Waals surface area contributed by atoms with Crippen LogP contribution in [0.5, 0.6) is 0 Å². The highest BCUT2D eigenvalue weighted by Gasteiger charge is 2.19. The molecule has 3 rings (SSSR count). The first-order chi connectivity index (χ1) is 13.2. The zero-order chi connectivity index (χ0) is 19.1. The number of halogens is 1. The maximum atomic E-state index is 5.60. The first-order valence-electron chi connectivity index (χ1n) is 10.0. The van der Waals surface area contributed by atoms with Crippen molar-refractivity contribution >= 4 is 35.8 Å². The third-order valence-electron chi connectivity index (χ3n) is 5.04. The minimum atomic E-state index is 0. The molecule has 8 heteroatoms. The number of anilines is 1. The zero-order valence-corrected chi connectivity index (χ0v) is 19.6. The van der Waals surface area contributed by atoms with Crippen LogP contribution in [0.3, 0.4) is 0 Å². The molecule has 1 aromatic heterocycles. The predicted octanol–water partition coefficient (Wildman–Crippen LogP) is 2.36. The lowest BCUT2D eigenvalue weighted by Crippen LogP contribution is -2.41. The lowest BCUT2D eigenvalue weighted by atomic mass is 10.1. The van der Waals surface area contributed by atoms with Gasteiger partial charge in [-0.05, 0) is 31.9 Å². The molecule has 0 spiro atoms. The summed E-state index contributed by atoms with van der Waals surface area (Å²) in [6, 6.07) is 4.22. The quantitative estimate of drug-likeness (QED) is 0.366. The van der Waals surface area contributed by atoms with Crippen LogP contribution in [-0.4, -0.2) is 75.0 Å². The summed E-state index contributed by atoms with van der Waals surface area (Å²) < 4.78 is 11.1. The van der Waals surface area contributed by atoms with Gasteiger partial charge in [0.1, 0.15) is 5.82 Å². The Morgan fingerprint density at radius 2 is 2.25 bits per heavy atom. The van der Waals surface area contributed by atoms with Gasteiger partial charge in [0.25, 0.3) is 0 Å². The topological polar surface area (TPSA) is 62.2 Å². The molecule has 0 amide bonds. The van der Waals surface area contributed by atoms with E-state index in [2.05, 4.69) is 53.1 Å². The van der Waals surface area contributed by atoms with Gasteiger partial charge in [0.05, 0.1) is 25.9 Å². The van der Waals surface area contributed by atoms with Crippen LogP contribution in [0.1, 0.15) is 25.8 Å². The van der Waals surface area contributed by atoms with Gasteiger partial charge in [0, 0.05) is 51.9 Å². The van der Waals surface area contributed by atoms with Crippen LogP contribution in [0.4, 0.5) is 5.82 Å². The largest absolute Gasteiger partial charge is 0.381 e. The Bertz CT molecular complexity index is 607. The molecule has 0 radical (unpaired) electrons. The number of pyridine rings is 1. The van der Waals surface area contributed by atoms with Gasteiger partial charge in [-0.1, -0.05) is 6.07 Å². The average Bonchev–Trinajstić information content (AvgIpc) is 3.18. The van der Waals surface area contributed by atoms with Crippen molar-refractivity contribution in [3.05, 3.63) is 23.9 Å². The first-order valence-corrected chi connectivity index (χ1v) is 10.0. The van der Waals surface area contributed by atoms with Gasteiger partial charge in [-0.25, -0.2) is 9.98 Å². The maximum absolute atomic E-state index is 5.60.